The van der Waals surface area contributed by atoms with Crippen molar-refractivity contribution in [2.75, 3.05) is 5.32 Å². The molecule has 6 heteroatoms. The van der Waals surface area contributed by atoms with Crippen molar-refractivity contribution in [3.63, 3.8) is 0 Å². The Hall–Kier alpha value is -1.40. The molecular weight excluding hydrogens is 388 g/mol. The summed E-state index contributed by atoms with van der Waals surface area (Å²) in [4.78, 5) is 10.7. The van der Waals surface area contributed by atoms with Crippen molar-refractivity contribution in [1.82, 2.24) is 0 Å². The van der Waals surface area contributed by atoms with Crippen LogP contribution >= 0.6 is 31.9 Å². The van der Waals surface area contributed by atoms with E-state index in [0.29, 0.717) is 5.69 Å². The van der Waals surface area contributed by atoms with Crippen LogP contribution in [0.5, 0.6) is 0 Å². The molecule has 0 aliphatic rings. The van der Waals surface area contributed by atoms with Gasteiger partial charge in [0.05, 0.1) is 4.92 Å². The standard InChI is InChI=1S/C14H12Br2N2O2/c1-9(10-3-2-4-11(15)7-10)17-13-8-12(16)5-6-14(13)18(19)20/h2-9,17H,1H3. The number of benzene rings is 2. The number of nitrogens with zero attached hydrogens (tertiary/aromatic N) is 1. The lowest BCUT2D eigenvalue weighted by Gasteiger charge is -2.16. The number of anilines is 1. The van der Waals surface area contributed by atoms with E-state index in [4.69, 9.17) is 0 Å². The number of nitro groups is 1. The second-order valence-corrected chi connectivity index (χ2v) is 6.17. The van der Waals surface area contributed by atoms with Crippen molar-refractivity contribution in [2.24, 2.45) is 0 Å². The minimum absolute atomic E-state index is 0.0412. The summed E-state index contributed by atoms with van der Waals surface area (Å²) in [5, 5.41) is 14.2. The molecule has 0 spiro atoms. The van der Waals surface area contributed by atoms with Crippen LogP contribution in [0.3, 0.4) is 0 Å². The highest BCUT2D eigenvalue weighted by molar-refractivity contribution is 9.10. The second kappa shape index (κ2) is 6.37. The van der Waals surface area contributed by atoms with E-state index in [9.17, 15) is 10.1 Å². The number of nitro benzene ring substituents is 1. The highest BCUT2D eigenvalue weighted by Crippen LogP contribution is 2.31. The summed E-state index contributed by atoms with van der Waals surface area (Å²) in [5.41, 5.74) is 1.61. The summed E-state index contributed by atoms with van der Waals surface area (Å²) in [6, 6.07) is 12.7. The minimum atomic E-state index is -0.387. The van der Waals surface area contributed by atoms with Crippen LogP contribution in [0.2, 0.25) is 0 Å². The molecule has 2 aromatic rings. The van der Waals surface area contributed by atoms with E-state index in [2.05, 4.69) is 37.2 Å². The van der Waals surface area contributed by atoms with Crippen LogP contribution in [-0.2, 0) is 0 Å². The molecule has 0 aliphatic heterocycles. The van der Waals surface area contributed by atoms with Crippen LogP contribution in [-0.4, -0.2) is 4.92 Å². The average molecular weight is 400 g/mol. The normalized spacial score (nSPS) is 11.9. The Labute approximate surface area is 133 Å². The molecule has 0 bridgehead atoms. The Morgan fingerprint density at radius 1 is 1.15 bits per heavy atom. The number of hydrogen-bond donors (Lipinski definition) is 1. The molecule has 0 aromatic heterocycles. The zero-order valence-corrected chi connectivity index (χ0v) is 13.8. The molecule has 1 atom stereocenters. The molecule has 2 rings (SSSR count). The smallest absolute Gasteiger partial charge is 0.292 e. The molecule has 0 heterocycles. The fourth-order valence-electron chi connectivity index (χ4n) is 1.88. The molecule has 4 nitrogen and oxygen atoms in total. The quantitative estimate of drug-likeness (QED) is 0.561. The van der Waals surface area contributed by atoms with Crippen molar-refractivity contribution in [1.29, 1.82) is 0 Å². The Morgan fingerprint density at radius 3 is 2.50 bits per heavy atom. The third kappa shape index (κ3) is 3.58. The summed E-state index contributed by atoms with van der Waals surface area (Å²) in [7, 11) is 0. The highest BCUT2D eigenvalue weighted by Gasteiger charge is 2.16. The van der Waals surface area contributed by atoms with Crippen LogP contribution in [0.1, 0.15) is 18.5 Å². The lowest BCUT2D eigenvalue weighted by Crippen LogP contribution is -2.08. The predicted octanol–water partition coefficient (Wildman–Crippen LogP) is 5.29. The summed E-state index contributed by atoms with van der Waals surface area (Å²) in [6.45, 7) is 1.96. The minimum Gasteiger partial charge on any atom is -0.373 e. The van der Waals surface area contributed by atoms with Gasteiger partial charge in [-0.15, -0.1) is 0 Å². The molecule has 104 valence electrons. The zero-order chi connectivity index (χ0) is 14.7. The molecule has 0 radical (unpaired) electrons. The lowest BCUT2D eigenvalue weighted by atomic mass is 10.1. The van der Waals surface area contributed by atoms with Crippen LogP contribution < -0.4 is 5.32 Å². The van der Waals surface area contributed by atoms with E-state index >= 15 is 0 Å². The molecule has 0 saturated heterocycles. The maximum atomic E-state index is 11.0. The predicted molar refractivity (Wildman–Crippen MR) is 87.0 cm³/mol. The van der Waals surface area contributed by atoms with E-state index in [1.165, 1.54) is 6.07 Å². The largest absolute Gasteiger partial charge is 0.373 e. The summed E-state index contributed by atoms with van der Waals surface area (Å²) < 4.78 is 1.78. The Balaban J connectivity index is 2.29. The first-order valence-corrected chi connectivity index (χ1v) is 7.52. The molecule has 0 amide bonds. The lowest BCUT2D eigenvalue weighted by molar-refractivity contribution is -0.384. The van der Waals surface area contributed by atoms with Gasteiger partial charge in [-0.1, -0.05) is 44.0 Å². The van der Waals surface area contributed by atoms with Gasteiger partial charge in [-0.2, -0.15) is 0 Å². The van der Waals surface area contributed by atoms with Gasteiger partial charge >= 0.3 is 0 Å². The van der Waals surface area contributed by atoms with E-state index < -0.39 is 0 Å². The molecule has 20 heavy (non-hydrogen) atoms. The summed E-state index contributed by atoms with van der Waals surface area (Å²) in [5.74, 6) is 0. The maximum Gasteiger partial charge on any atom is 0.292 e. The van der Waals surface area contributed by atoms with Crippen LogP contribution in [0.25, 0.3) is 0 Å². The first-order chi connectivity index (χ1) is 9.47. The van der Waals surface area contributed by atoms with Gasteiger partial charge < -0.3 is 5.32 Å². The highest BCUT2D eigenvalue weighted by atomic mass is 79.9. The third-order valence-corrected chi connectivity index (χ3v) is 3.86. The summed E-state index contributed by atoms with van der Waals surface area (Å²) in [6.07, 6.45) is 0. The number of nitrogens with one attached hydrogen (secondary N) is 1. The van der Waals surface area contributed by atoms with Crippen LogP contribution in [0.4, 0.5) is 11.4 Å². The number of halogens is 2. The Morgan fingerprint density at radius 2 is 1.85 bits per heavy atom. The van der Waals surface area contributed by atoms with Crippen LogP contribution in [0.15, 0.2) is 51.4 Å². The van der Waals surface area contributed by atoms with Gasteiger partial charge in [0, 0.05) is 21.1 Å². The van der Waals surface area contributed by atoms with Gasteiger partial charge in [0.2, 0.25) is 0 Å². The topological polar surface area (TPSA) is 55.2 Å². The average Bonchev–Trinajstić information content (AvgIpc) is 2.38. The molecule has 0 aliphatic carbocycles. The van der Waals surface area contributed by atoms with Gasteiger partial charge in [0.15, 0.2) is 0 Å². The Kier molecular flexibility index (Phi) is 4.77. The second-order valence-electron chi connectivity index (χ2n) is 4.34. The van der Waals surface area contributed by atoms with E-state index in [1.807, 2.05) is 31.2 Å². The van der Waals surface area contributed by atoms with Gasteiger partial charge in [0.25, 0.3) is 5.69 Å². The van der Waals surface area contributed by atoms with Crippen molar-refractivity contribution in [2.45, 2.75) is 13.0 Å². The van der Waals surface area contributed by atoms with E-state index in [1.54, 1.807) is 12.1 Å². The zero-order valence-electron chi connectivity index (χ0n) is 10.6. The molecule has 2 aromatic carbocycles. The van der Waals surface area contributed by atoms with Gasteiger partial charge in [-0.05, 0) is 36.8 Å². The van der Waals surface area contributed by atoms with Gasteiger partial charge in [-0.25, -0.2) is 0 Å². The molecule has 0 fully saturated rings. The molecular formula is C14H12Br2N2O2. The van der Waals surface area contributed by atoms with Crippen molar-refractivity contribution in [3.8, 4) is 0 Å². The van der Waals surface area contributed by atoms with Crippen molar-refractivity contribution >= 4 is 43.2 Å². The Bertz CT molecular complexity index is 647. The first kappa shape index (κ1) is 15.0. The van der Waals surface area contributed by atoms with E-state index in [0.717, 1.165) is 14.5 Å². The van der Waals surface area contributed by atoms with Crippen LogP contribution in [0, 0.1) is 10.1 Å². The molecule has 0 saturated carbocycles. The van der Waals surface area contributed by atoms with Gasteiger partial charge in [-0.3, -0.25) is 10.1 Å². The van der Waals surface area contributed by atoms with Gasteiger partial charge in [0.1, 0.15) is 5.69 Å². The fraction of sp³-hybridized carbons (Fsp3) is 0.143. The molecule has 1 unspecified atom stereocenters. The monoisotopic (exact) mass is 398 g/mol. The SMILES string of the molecule is CC(Nc1cc(Br)ccc1[N+](=O)[O-])c1cccc(Br)c1. The van der Waals surface area contributed by atoms with Crippen molar-refractivity contribution < 1.29 is 4.92 Å². The first-order valence-electron chi connectivity index (χ1n) is 5.93. The fourth-order valence-corrected chi connectivity index (χ4v) is 2.65. The number of rotatable bonds is 4. The number of hydrogen-bond acceptors (Lipinski definition) is 3. The maximum absolute atomic E-state index is 11.0. The third-order valence-electron chi connectivity index (χ3n) is 2.88. The van der Waals surface area contributed by atoms with E-state index in [-0.39, 0.29) is 16.7 Å². The molecule has 1 N–H and O–H groups in total. The summed E-state index contributed by atoms with van der Waals surface area (Å²) >= 11 is 6.75. The van der Waals surface area contributed by atoms with Crippen molar-refractivity contribution in [3.05, 3.63) is 67.1 Å².